The molecule has 1 rings (SSSR count). The van der Waals surface area contributed by atoms with Gasteiger partial charge in [0.25, 0.3) is 0 Å². The summed E-state index contributed by atoms with van der Waals surface area (Å²) in [6, 6.07) is 0.256. The molecule has 4 heteroatoms. The van der Waals surface area contributed by atoms with Gasteiger partial charge in [-0.25, -0.2) is 0 Å². The molecule has 1 aliphatic rings. The second-order valence-corrected chi connectivity index (χ2v) is 5.15. The highest BCUT2D eigenvalue weighted by atomic mass is 16.3. The topological polar surface area (TPSA) is 61.4 Å². The summed E-state index contributed by atoms with van der Waals surface area (Å²) in [5, 5.41) is 15.7. The molecule has 100 valence electrons. The summed E-state index contributed by atoms with van der Waals surface area (Å²) in [4.78, 5) is 11.5. The molecule has 0 radical (unpaired) electrons. The third kappa shape index (κ3) is 5.50. The Bertz CT molecular complexity index is 233. The fraction of sp³-hybridized carbons (Fsp3) is 0.923. The van der Waals surface area contributed by atoms with Crippen molar-refractivity contribution in [1.82, 2.24) is 10.6 Å². The lowest BCUT2D eigenvalue weighted by Gasteiger charge is -2.16. The van der Waals surface area contributed by atoms with Crippen molar-refractivity contribution in [2.45, 2.75) is 58.1 Å². The van der Waals surface area contributed by atoms with Crippen LogP contribution in [0.1, 0.15) is 46.0 Å². The third-order valence-corrected chi connectivity index (χ3v) is 3.44. The van der Waals surface area contributed by atoms with Crippen molar-refractivity contribution >= 4 is 5.91 Å². The fourth-order valence-electron chi connectivity index (χ4n) is 2.46. The molecule has 1 saturated carbocycles. The number of amides is 1. The molecule has 4 nitrogen and oxygen atoms in total. The third-order valence-electron chi connectivity index (χ3n) is 3.44. The number of carbonyl (C=O) groups excluding carboxylic acids is 1. The molecule has 0 aromatic heterocycles. The smallest absolute Gasteiger partial charge is 0.234 e. The minimum Gasteiger partial charge on any atom is -0.393 e. The van der Waals surface area contributed by atoms with Gasteiger partial charge in [0.05, 0.1) is 12.6 Å². The van der Waals surface area contributed by atoms with Crippen LogP contribution in [0.15, 0.2) is 0 Å². The van der Waals surface area contributed by atoms with Gasteiger partial charge in [0.15, 0.2) is 0 Å². The predicted molar refractivity (Wildman–Crippen MR) is 68.7 cm³/mol. The van der Waals surface area contributed by atoms with E-state index in [1.807, 2.05) is 6.92 Å². The van der Waals surface area contributed by atoms with E-state index in [-0.39, 0.29) is 18.1 Å². The highest BCUT2D eigenvalue weighted by Crippen LogP contribution is 2.24. The first kappa shape index (κ1) is 14.5. The van der Waals surface area contributed by atoms with Crippen molar-refractivity contribution in [2.75, 3.05) is 13.1 Å². The second kappa shape index (κ2) is 7.67. The Labute approximate surface area is 104 Å². The van der Waals surface area contributed by atoms with E-state index in [1.165, 1.54) is 0 Å². The Balaban J connectivity index is 2.07. The Morgan fingerprint density at radius 2 is 2.24 bits per heavy atom. The molecule has 0 aromatic rings. The molecule has 1 amide bonds. The Morgan fingerprint density at radius 3 is 2.82 bits per heavy atom. The van der Waals surface area contributed by atoms with Crippen LogP contribution in [0.3, 0.4) is 0 Å². The van der Waals surface area contributed by atoms with Gasteiger partial charge in [-0.3, -0.25) is 4.79 Å². The monoisotopic (exact) mass is 242 g/mol. The molecule has 17 heavy (non-hydrogen) atoms. The summed E-state index contributed by atoms with van der Waals surface area (Å²) >= 11 is 0. The van der Waals surface area contributed by atoms with E-state index in [9.17, 15) is 9.90 Å². The van der Waals surface area contributed by atoms with Gasteiger partial charge in [0, 0.05) is 12.6 Å². The van der Waals surface area contributed by atoms with Gasteiger partial charge in [-0.05, 0) is 32.1 Å². The van der Waals surface area contributed by atoms with Gasteiger partial charge >= 0.3 is 0 Å². The molecule has 0 bridgehead atoms. The maximum Gasteiger partial charge on any atom is 0.234 e. The molecule has 1 fully saturated rings. The van der Waals surface area contributed by atoms with Crippen molar-refractivity contribution in [2.24, 2.45) is 5.92 Å². The first-order chi connectivity index (χ1) is 8.13. The maximum atomic E-state index is 11.5. The number of nitrogens with one attached hydrogen (secondary N) is 2. The van der Waals surface area contributed by atoms with Crippen LogP contribution >= 0.6 is 0 Å². The molecular formula is C13H26N2O2. The molecule has 1 aliphatic carbocycles. The lowest BCUT2D eigenvalue weighted by atomic mass is 10.1. The van der Waals surface area contributed by atoms with Crippen LogP contribution in [0.25, 0.3) is 0 Å². The summed E-state index contributed by atoms with van der Waals surface area (Å²) in [5.74, 6) is 0.384. The molecular weight excluding hydrogens is 216 g/mol. The van der Waals surface area contributed by atoms with Crippen molar-refractivity contribution in [3.63, 3.8) is 0 Å². The van der Waals surface area contributed by atoms with Crippen molar-refractivity contribution in [1.29, 1.82) is 0 Å². The molecule has 0 aliphatic heterocycles. The van der Waals surface area contributed by atoms with Crippen molar-refractivity contribution in [3.8, 4) is 0 Å². The Kier molecular flexibility index (Phi) is 6.52. The average Bonchev–Trinajstić information content (AvgIpc) is 2.64. The Hall–Kier alpha value is -0.610. The summed E-state index contributed by atoms with van der Waals surface area (Å²) in [6.45, 7) is 5.25. The van der Waals surface area contributed by atoms with Crippen LogP contribution in [0, 0.1) is 5.92 Å². The van der Waals surface area contributed by atoms with E-state index in [0.717, 1.165) is 38.6 Å². The molecule has 0 saturated heterocycles. The quantitative estimate of drug-likeness (QED) is 0.625. The number of hydrogen-bond donors (Lipinski definition) is 3. The van der Waals surface area contributed by atoms with Gasteiger partial charge in [-0.1, -0.05) is 19.8 Å². The molecule has 0 aromatic carbocycles. The zero-order chi connectivity index (χ0) is 12.7. The number of rotatable bonds is 7. The fourth-order valence-corrected chi connectivity index (χ4v) is 2.46. The predicted octanol–water partition coefficient (Wildman–Crippen LogP) is 1.04. The van der Waals surface area contributed by atoms with Crippen molar-refractivity contribution < 1.29 is 9.90 Å². The summed E-state index contributed by atoms with van der Waals surface area (Å²) in [5.41, 5.74) is 0. The lowest BCUT2D eigenvalue weighted by molar-refractivity contribution is -0.120. The SMILES string of the molecule is CCCC(C)NC(=O)CNCC1CCCC1O. The molecule has 3 N–H and O–H groups in total. The lowest BCUT2D eigenvalue weighted by Crippen LogP contribution is -2.40. The number of hydrogen-bond acceptors (Lipinski definition) is 3. The van der Waals surface area contributed by atoms with Crippen LogP contribution < -0.4 is 10.6 Å². The largest absolute Gasteiger partial charge is 0.393 e. The molecule has 0 spiro atoms. The van der Waals surface area contributed by atoms with Gasteiger partial charge in [-0.2, -0.15) is 0 Å². The Morgan fingerprint density at radius 1 is 1.47 bits per heavy atom. The van der Waals surface area contributed by atoms with E-state index in [0.29, 0.717) is 12.5 Å². The van der Waals surface area contributed by atoms with E-state index in [2.05, 4.69) is 17.6 Å². The van der Waals surface area contributed by atoms with E-state index >= 15 is 0 Å². The molecule has 3 unspecified atom stereocenters. The number of carbonyl (C=O) groups is 1. The van der Waals surface area contributed by atoms with Gasteiger partial charge in [0.1, 0.15) is 0 Å². The van der Waals surface area contributed by atoms with Gasteiger partial charge in [0.2, 0.25) is 5.91 Å². The van der Waals surface area contributed by atoms with Crippen LogP contribution in [0.5, 0.6) is 0 Å². The van der Waals surface area contributed by atoms with Crippen LogP contribution in [-0.4, -0.2) is 36.2 Å². The molecule has 0 heterocycles. The van der Waals surface area contributed by atoms with Crippen LogP contribution in [0.4, 0.5) is 0 Å². The maximum absolute atomic E-state index is 11.5. The number of aliphatic hydroxyl groups excluding tert-OH is 1. The minimum atomic E-state index is -0.176. The van der Waals surface area contributed by atoms with E-state index in [4.69, 9.17) is 0 Å². The zero-order valence-corrected chi connectivity index (χ0v) is 11.0. The van der Waals surface area contributed by atoms with Gasteiger partial charge < -0.3 is 15.7 Å². The minimum absolute atomic E-state index is 0.0541. The summed E-state index contributed by atoms with van der Waals surface area (Å²) in [6.07, 6.45) is 5.02. The second-order valence-electron chi connectivity index (χ2n) is 5.15. The first-order valence-corrected chi connectivity index (χ1v) is 6.81. The zero-order valence-electron chi connectivity index (χ0n) is 11.0. The van der Waals surface area contributed by atoms with Crippen molar-refractivity contribution in [3.05, 3.63) is 0 Å². The number of aliphatic hydroxyl groups is 1. The highest BCUT2D eigenvalue weighted by molar-refractivity contribution is 5.78. The van der Waals surface area contributed by atoms with Gasteiger partial charge in [-0.15, -0.1) is 0 Å². The van der Waals surface area contributed by atoms with Crippen LogP contribution in [-0.2, 0) is 4.79 Å². The average molecular weight is 242 g/mol. The first-order valence-electron chi connectivity index (χ1n) is 6.81. The van der Waals surface area contributed by atoms with Crippen LogP contribution in [0.2, 0.25) is 0 Å². The highest BCUT2D eigenvalue weighted by Gasteiger charge is 2.24. The summed E-state index contributed by atoms with van der Waals surface area (Å²) < 4.78 is 0. The van der Waals surface area contributed by atoms with E-state index in [1.54, 1.807) is 0 Å². The standard InChI is InChI=1S/C13H26N2O2/c1-3-5-10(2)15-13(17)9-14-8-11-6-4-7-12(11)16/h10-12,14,16H,3-9H2,1-2H3,(H,15,17). The van der Waals surface area contributed by atoms with E-state index < -0.39 is 0 Å². The molecule has 3 atom stereocenters. The normalized spacial score (nSPS) is 25.8. The summed E-state index contributed by atoms with van der Waals surface area (Å²) in [7, 11) is 0.